The summed E-state index contributed by atoms with van der Waals surface area (Å²) in [5.41, 5.74) is 0. The summed E-state index contributed by atoms with van der Waals surface area (Å²) in [7, 11) is 0. The van der Waals surface area contributed by atoms with Crippen molar-refractivity contribution in [3.8, 4) is 5.75 Å². The summed E-state index contributed by atoms with van der Waals surface area (Å²) >= 11 is 1.74. The van der Waals surface area contributed by atoms with Crippen molar-refractivity contribution in [2.24, 2.45) is 0 Å². The molecule has 1 N–H and O–H groups in total. The molecule has 3 heteroatoms. The minimum absolute atomic E-state index is 0.710. The van der Waals surface area contributed by atoms with Gasteiger partial charge in [0, 0.05) is 17.5 Å². The van der Waals surface area contributed by atoms with Gasteiger partial charge in [-0.3, -0.25) is 0 Å². The van der Waals surface area contributed by atoms with Gasteiger partial charge in [-0.25, -0.2) is 0 Å². The quantitative estimate of drug-likeness (QED) is 0.481. The summed E-state index contributed by atoms with van der Waals surface area (Å²) in [5, 5.41) is 3.64. The van der Waals surface area contributed by atoms with E-state index in [1.807, 2.05) is 6.07 Å². The maximum absolute atomic E-state index is 5.87. The summed E-state index contributed by atoms with van der Waals surface area (Å²) in [6, 6.07) is 8.97. The Morgan fingerprint density at radius 3 is 2.63 bits per heavy atom. The highest BCUT2D eigenvalue weighted by molar-refractivity contribution is 7.98. The molecular formula is C16H25NOS. The Labute approximate surface area is 121 Å². The zero-order chi connectivity index (χ0) is 13.3. The second-order valence-electron chi connectivity index (χ2n) is 5.14. The summed E-state index contributed by atoms with van der Waals surface area (Å²) in [6.45, 7) is 1.71. The molecule has 0 saturated heterocycles. The van der Waals surface area contributed by atoms with Crippen LogP contribution in [0.15, 0.2) is 29.2 Å². The molecular weight excluding hydrogens is 254 g/mol. The third-order valence-corrected chi connectivity index (χ3v) is 4.49. The van der Waals surface area contributed by atoms with Gasteiger partial charge in [-0.15, -0.1) is 11.8 Å². The Morgan fingerprint density at radius 1 is 1.16 bits per heavy atom. The molecule has 0 aliphatic heterocycles. The zero-order valence-corrected chi connectivity index (χ0v) is 12.7. The molecule has 0 bridgehead atoms. The maximum atomic E-state index is 5.87. The highest BCUT2D eigenvalue weighted by Crippen LogP contribution is 2.26. The van der Waals surface area contributed by atoms with Crippen molar-refractivity contribution in [2.45, 2.75) is 49.5 Å². The summed E-state index contributed by atoms with van der Waals surface area (Å²) in [5.74, 6) is 1.01. The highest BCUT2D eigenvalue weighted by Gasteiger charge is 2.11. The number of ether oxygens (including phenoxy) is 1. The van der Waals surface area contributed by atoms with Gasteiger partial charge in [0.25, 0.3) is 0 Å². The van der Waals surface area contributed by atoms with Gasteiger partial charge in [-0.1, -0.05) is 37.8 Å². The van der Waals surface area contributed by atoms with E-state index in [0.29, 0.717) is 6.04 Å². The van der Waals surface area contributed by atoms with E-state index in [-0.39, 0.29) is 0 Å². The fourth-order valence-corrected chi connectivity index (χ4v) is 3.19. The fourth-order valence-electron chi connectivity index (χ4n) is 2.65. The average molecular weight is 279 g/mol. The fraction of sp³-hybridized carbons (Fsp3) is 0.625. The Hall–Kier alpha value is -0.670. The predicted molar refractivity (Wildman–Crippen MR) is 83.2 cm³/mol. The first-order chi connectivity index (χ1) is 9.40. The van der Waals surface area contributed by atoms with Gasteiger partial charge >= 0.3 is 0 Å². The second-order valence-corrected chi connectivity index (χ2v) is 5.99. The molecule has 1 fully saturated rings. The SMILES string of the molecule is CSc1ccccc1OCCNC1CCCCCC1. The number of hydrogen-bond acceptors (Lipinski definition) is 3. The van der Waals surface area contributed by atoms with Gasteiger partial charge in [0.2, 0.25) is 0 Å². The van der Waals surface area contributed by atoms with E-state index >= 15 is 0 Å². The summed E-state index contributed by atoms with van der Waals surface area (Å²) in [6.07, 6.45) is 10.3. The lowest BCUT2D eigenvalue weighted by Gasteiger charge is -2.16. The van der Waals surface area contributed by atoms with Crippen molar-refractivity contribution in [3.63, 3.8) is 0 Å². The number of rotatable bonds is 6. The van der Waals surface area contributed by atoms with Crippen LogP contribution >= 0.6 is 11.8 Å². The molecule has 2 rings (SSSR count). The van der Waals surface area contributed by atoms with E-state index in [2.05, 4.69) is 29.8 Å². The number of nitrogens with one attached hydrogen (secondary N) is 1. The molecule has 0 unspecified atom stereocenters. The van der Waals surface area contributed by atoms with Crippen molar-refractivity contribution in [2.75, 3.05) is 19.4 Å². The van der Waals surface area contributed by atoms with Crippen LogP contribution in [0.5, 0.6) is 5.75 Å². The van der Waals surface area contributed by atoms with Crippen LogP contribution in [0, 0.1) is 0 Å². The number of para-hydroxylation sites is 1. The molecule has 1 aliphatic carbocycles. The normalized spacial score (nSPS) is 17.1. The predicted octanol–water partition coefficient (Wildman–Crippen LogP) is 4.10. The van der Waals surface area contributed by atoms with Crippen molar-refractivity contribution in [3.05, 3.63) is 24.3 Å². The van der Waals surface area contributed by atoms with Crippen LogP contribution in [0.3, 0.4) is 0 Å². The first kappa shape index (κ1) is 14.7. The largest absolute Gasteiger partial charge is 0.491 e. The summed E-state index contributed by atoms with van der Waals surface area (Å²) < 4.78 is 5.87. The first-order valence-electron chi connectivity index (χ1n) is 7.39. The lowest BCUT2D eigenvalue weighted by Crippen LogP contribution is -2.32. The molecule has 1 aliphatic rings. The third-order valence-electron chi connectivity index (χ3n) is 3.72. The number of benzene rings is 1. The molecule has 0 amide bonds. The lowest BCUT2D eigenvalue weighted by molar-refractivity contribution is 0.294. The van der Waals surface area contributed by atoms with Crippen molar-refractivity contribution in [1.82, 2.24) is 5.32 Å². The third kappa shape index (κ3) is 5.07. The van der Waals surface area contributed by atoms with Crippen molar-refractivity contribution >= 4 is 11.8 Å². The van der Waals surface area contributed by atoms with Gasteiger partial charge in [0.05, 0.1) is 0 Å². The molecule has 1 saturated carbocycles. The molecule has 0 heterocycles. The topological polar surface area (TPSA) is 21.3 Å². The van der Waals surface area contributed by atoms with Crippen LogP contribution in [-0.4, -0.2) is 25.4 Å². The van der Waals surface area contributed by atoms with Crippen LogP contribution in [0.25, 0.3) is 0 Å². The van der Waals surface area contributed by atoms with Crippen LogP contribution in [-0.2, 0) is 0 Å². The first-order valence-corrected chi connectivity index (χ1v) is 8.62. The van der Waals surface area contributed by atoms with Crippen molar-refractivity contribution < 1.29 is 4.74 Å². The molecule has 2 nitrogen and oxygen atoms in total. The summed E-state index contributed by atoms with van der Waals surface area (Å²) in [4.78, 5) is 1.22. The van der Waals surface area contributed by atoms with Gasteiger partial charge in [0.1, 0.15) is 12.4 Å². The molecule has 1 aromatic carbocycles. The minimum Gasteiger partial charge on any atom is -0.491 e. The van der Waals surface area contributed by atoms with Crippen LogP contribution < -0.4 is 10.1 Å². The Bertz CT molecular complexity index is 362. The number of thioether (sulfide) groups is 1. The Balaban J connectivity index is 1.68. The highest BCUT2D eigenvalue weighted by atomic mass is 32.2. The maximum Gasteiger partial charge on any atom is 0.132 e. The zero-order valence-electron chi connectivity index (χ0n) is 11.9. The van der Waals surface area contributed by atoms with Crippen molar-refractivity contribution in [1.29, 1.82) is 0 Å². The van der Waals surface area contributed by atoms with Crippen LogP contribution in [0.1, 0.15) is 38.5 Å². The smallest absolute Gasteiger partial charge is 0.132 e. The molecule has 0 spiro atoms. The minimum atomic E-state index is 0.710. The van der Waals surface area contributed by atoms with Gasteiger partial charge in [-0.05, 0) is 31.2 Å². The van der Waals surface area contributed by atoms with Crippen LogP contribution in [0.4, 0.5) is 0 Å². The molecule has 19 heavy (non-hydrogen) atoms. The Kier molecular flexibility index (Phi) is 6.58. The van der Waals surface area contributed by atoms with Gasteiger partial charge in [-0.2, -0.15) is 0 Å². The second kappa shape index (κ2) is 8.49. The van der Waals surface area contributed by atoms with Crippen LogP contribution in [0.2, 0.25) is 0 Å². The molecule has 0 radical (unpaired) electrons. The molecule has 1 aromatic rings. The van der Waals surface area contributed by atoms with E-state index in [0.717, 1.165) is 18.9 Å². The van der Waals surface area contributed by atoms with Gasteiger partial charge in [0.15, 0.2) is 0 Å². The van der Waals surface area contributed by atoms with E-state index in [1.165, 1.54) is 43.4 Å². The molecule has 0 aromatic heterocycles. The molecule has 0 atom stereocenters. The van der Waals surface area contributed by atoms with Gasteiger partial charge < -0.3 is 10.1 Å². The lowest BCUT2D eigenvalue weighted by atomic mass is 10.1. The van der Waals surface area contributed by atoms with E-state index in [4.69, 9.17) is 4.74 Å². The van der Waals surface area contributed by atoms with E-state index < -0.39 is 0 Å². The standard InChI is InChI=1S/C16H25NOS/c1-19-16-11-7-6-10-15(16)18-13-12-17-14-8-4-2-3-5-9-14/h6-7,10-11,14,17H,2-5,8-9,12-13H2,1H3. The number of hydrogen-bond donors (Lipinski definition) is 1. The molecule has 106 valence electrons. The van der Waals surface area contributed by atoms with E-state index in [9.17, 15) is 0 Å². The Morgan fingerprint density at radius 2 is 1.89 bits per heavy atom. The van der Waals surface area contributed by atoms with E-state index in [1.54, 1.807) is 11.8 Å². The monoisotopic (exact) mass is 279 g/mol. The average Bonchev–Trinajstić information content (AvgIpc) is 2.72.